The first kappa shape index (κ1) is 14.7. The number of aryl methyl sites for hydroxylation is 1. The van der Waals surface area contributed by atoms with E-state index >= 15 is 0 Å². The van der Waals surface area contributed by atoms with Gasteiger partial charge >= 0.3 is 0 Å². The molecule has 1 aliphatic carbocycles. The lowest BCUT2D eigenvalue weighted by atomic mass is 9.80. The fraction of sp³-hybridized carbons (Fsp3) is 0.625. The zero-order chi connectivity index (χ0) is 14.8. The minimum atomic E-state index is 0.493. The van der Waals surface area contributed by atoms with Crippen LogP contribution in [0.3, 0.4) is 0 Å². The Kier molecular flexibility index (Phi) is 4.40. The highest BCUT2D eigenvalue weighted by Gasteiger charge is 2.25. The minimum Gasteiger partial charge on any atom is -0.308 e. The van der Waals surface area contributed by atoms with Crippen molar-refractivity contribution in [1.82, 2.24) is 9.97 Å². The van der Waals surface area contributed by atoms with Crippen molar-refractivity contribution in [3.05, 3.63) is 16.8 Å². The van der Waals surface area contributed by atoms with E-state index in [1.807, 2.05) is 0 Å². The number of thiophene rings is 1. The van der Waals surface area contributed by atoms with Gasteiger partial charge in [0.15, 0.2) is 5.82 Å². The number of nitrogens with one attached hydrogen (secondary N) is 1. The van der Waals surface area contributed by atoms with Crippen LogP contribution in [0, 0.1) is 5.92 Å². The van der Waals surface area contributed by atoms with Gasteiger partial charge in [-0.3, -0.25) is 0 Å². The maximum absolute atomic E-state index is 5.68. The highest BCUT2D eigenvalue weighted by Crippen LogP contribution is 2.38. The molecule has 1 aliphatic rings. The molecule has 21 heavy (non-hydrogen) atoms. The molecule has 0 aromatic carbocycles. The molecule has 1 saturated carbocycles. The normalized spacial score (nSPS) is 22.6. The maximum Gasteiger partial charge on any atom is 0.152 e. The Balaban J connectivity index is 1.98. The number of rotatable bonds is 4. The largest absolute Gasteiger partial charge is 0.308 e. The van der Waals surface area contributed by atoms with Gasteiger partial charge in [0.2, 0.25) is 0 Å². The second-order valence-electron chi connectivity index (χ2n) is 6.00. The van der Waals surface area contributed by atoms with E-state index in [0.717, 1.165) is 34.2 Å². The first-order chi connectivity index (χ1) is 10.2. The van der Waals surface area contributed by atoms with Gasteiger partial charge < -0.3 is 5.43 Å². The monoisotopic (exact) mass is 304 g/mol. The molecule has 2 unspecified atom stereocenters. The second kappa shape index (κ2) is 6.28. The molecule has 0 saturated heterocycles. The van der Waals surface area contributed by atoms with Crippen LogP contribution < -0.4 is 11.3 Å². The van der Waals surface area contributed by atoms with E-state index in [1.165, 1.54) is 37.0 Å². The summed E-state index contributed by atoms with van der Waals surface area (Å²) in [5.41, 5.74) is 2.77. The van der Waals surface area contributed by atoms with Gasteiger partial charge in [-0.25, -0.2) is 15.8 Å². The van der Waals surface area contributed by atoms with Crippen molar-refractivity contribution in [2.75, 3.05) is 5.43 Å². The number of nitrogen functional groups attached to an aromatic ring is 1. The molecule has 1 fully saturated rings. The number of nitrogens with two attached hydrogens (primary N) is 1. The highest BCUT2D eigenvalue weighted by atomic mass is 32.1. The summed E-state index contributed by atoms with van der Waals surface area (Å²) < 4.78 is 0. The first-order valence-corrected chi connectivity index (χ1v) is 8.83. The number of aromatic nitrogens is 2. The molecule has 2 heterocycles. The summed E-state index contributed by atoms with van der Waals surface area (Å²) in [5, 5.41) is 1.06. The molecule has 0 radical (unpaired) electrons. The SMILES string of the molecule is CCc1cc2c(NN)nc(C3CCCC(CC)C3)nc2s1. The number of fused-ring (bicyclic) bond motifs is 1. The predicted molar refractivity (Wildman–Crippen MR) is 89.6 cm³/mol. The fourth-order valence-electron chi connectivity index (χ4n) is 3.35. The lowest BCUT2D eigenvalue weighted by Gasteiger charge is -2.27. The second-order valence-corrected chi connectivity index (χ2v) is 7.11. The first-order valence-electron chi connectivity index (χ1n) is 8.02. The lowest BCUT2D eigenvalue weighted by Crippen LogP contribution is -2.17. The Labute approximate surface area is 130 Å². The average molecular weight is 304 g/mol. The average Bonchev–Trinajstić information content (AvgIpc) is 2.97. The van der Waals surface area contributed by atoms with Gasteiger partial charge in [-0.15, -0.1) is 11.3 Å². The molecule has 2 atom stereocenters. The van der Waals surface area contributed by atoms with Crippen LogP contribution in [0.5, 0.6) is 0 Å². The number of anilines is 1. The third-order valence-electron chi connectivity index (χ3n) is 4.67. The predicted octanol–water partition coefficient (Wildman–Crippen LogP) is 4.22. The molecule has 2 aromatic rings. The molecular formula is C16H24N4S. The zero-order valence-corrected chi connectivity index (χ0v) is 13.7. The third kappa shape index (κ3) is 2.90. The van der Waals surface area contributed by atoms with Crippen molar-refractivity contribution >= 4 is 27.4 Å². The molecule has 5 heteroatoms. The summed E-state index contributed by atoms with van der Waals surface area (Å²) in [4.78, 5) is 12.0. The van der Waals surface area contributed by atoms with Crippen LogP contribution in [0.4, 0.5) is 5.82 Å². The molecule has 0 spiro atoms. The minimum absolute atomic E-state index is 0.493. The number of hydrazine groups is 1. The van der Waals surface area contributed by atoms with Crippen molar-refractivity contribution < 1.29 is 0 Å². The summed E-state index contributed by atoms with van der Waals surface area (Å²) in [6.07, 6.45) is 7.37. The van der Waals surface area contributed by atoms with Crippen LogP contribution >= 0.6 is 11.3 Å². The molecule has 3 N–H and O–H groups in total. The molecule has 2 aromatic heterocycles. The van der Waals surface area contributed by atoms with Crippen molar-refractivity contribution in [2.45, 2.75) is 58.3 Å². The van der Waals surface area contributed by atoms with E-state index in [4.69, 9.17) is 15.8 Å². The van der Waals surface area contributed by atoms with Gasteiger partial charge in [0.05, 0.1) is 5.39 Å². The van der Waals surface area contributed by atoms with Crippen LogP contribution in [0.1, 0.15) is 62.6 Å². The molecule has 0 aliphatic heterocycles. The Bertz CT molecular complexity index is 622. The van der Waals surface area contributed by atoms with E-state index in [2.05, 4.69) is 25.3 Å². The van der Waals surface area contributed by atoms with Gasteiger partial charge in [0, 0.05) is 10.8 Å². The summed E-state index contributed by atoms with van der Waals surface area (Å²) in [7, 11) is 0. The number of hydrogen-bond acceptors (Lipinski definition) is 5. The van der Waals surface area contributed by atoms with E-state index in [0.29, 0.717) is 5.92 Å². The van der Waals surface area contributed by atoms with E-state index in [-0.39, 0.29) is 0 Å². The van der Waals surface area contributed by atoms with Crippen LogP contribution in [0.2, 0.25) is 0 Å². The van der Waals surface area contributed by atoms with Gasteiger partial charge in [-0.05, 0) is 31.2 Å². The van der Waals surface area contributed by atoms with Crippen LogP contribution in [0.25, 0.3) is 10.2 Å². The van der Waals surface area contributed by atoms with Crippen molar-refractivity contribution in [3.63, 3.8) is 0 Å². The zero-order valence-electron chi connectivity index (χ0n) is 12.9. The molecule has 4 nitrogen and oxygen atoms in total. The highest BCUT2D eigenvalue weighted by molar-refractivity contribution is 7.18. The van der Waals surface area contributed by atoms with Gasteiger partial charge in [0.25, 0.3) is 0 Å². The van der Waals surface area contributed by atoms with Crippen molar-refractivity contribution in [1.29, 1.82) is 0 Å². The smallest absolute Gasteiger partial charge is 0.152 e. The van der Waals surface area contributed by atoms with Crippen LogP contribution in [-0.2, 0) is 6.42 Å². The quantitative estimate of drug-likeness (QED) is 0.655. The maximum atomic E-state index is 5.68. The summed E-state index contributed by atoms with van der Waals surface area (Å²) >= 11 is 1.76. The van der Waals surface area contributed by atoms with E-state index < -0.39 is 0 Å². The lowest BCUT2D eigenvalue weighted by molar-refractivity contribution is 0.308. The third-order valence-corrected chi connectivity index (χ3v) is 5.84. The summed E-state index contributed by atoms with van der Waals surface area (Å²) in [6.45, 7) is 4.46. The number of nitrogens with zero attached hydrogens (tertiary/aromatic N) is 2. The molecule has 0 bridgehead atoms. The standard InChI is InChI=1S/C16H24N4S/c1-3-10-6-5-7-11(8-10)14-18-15(20-17)13-9-12(4-2)21-16(13)19-14/h9-11H,3-8,17H2,1-2H3,(H,18,19,20). The Hall–Kier alpha value is -1.20. The Morgan fingerprint density at radius 1 is 1.33 bits per heavy atom. The summed E-state index contributed by atoms with van der Waals surface area (Å²) in [5.74, 6) is 8.77. The fourth-order valence-corrected chi connectivity index (χ4v) is 4.33. The molecule has 3 rings (SSSR count). The van der Waals surface area contributed by atoms with Gasteiger partial charge in [0.1, 0.15) is 10.7 Å². The molecular weight excluding hydrogens is 280 g/mol. The van der Waals surface area contributed by atoms with Crippen molar-refractivity contribution in [3.8, 4) is 0 Å². The van der Waals surface area contributed by atoms with E-state index in [1.54, 1.807) is 11.3 Å². The van der Waals surface area contributed by atoms with Crippen molar-refractivity contribution in [2.24, 2.45) is 11.8 Å². The molecule has 114 valence electrons. The van der Waals surface area contributed by atoms with Crippen LogP contribution in [-0.4, -0.2) is 9.97 Å². The van der Waals surface area contributed by atoms with Gasteiger partial charge in [-0.1, -0.05) is 33.1 Å². The Morgan fingerprint density at radius 2 is 2.19 bits per heavy atom. The van der Waals surface area contributed by atoms with E-state index in [9.17, 15) is 0 Å². The van der Waals surface area contributed by atoms with Gasteiger partial charge in [-0.2, -0.15) is 0 Å². The molecule has 0 amide bonds. The van der Waals surface area contributed by atoms with Crippen LogP contribution in [0.15, 0.2) is 6.07 Å². The topological polar surface area (TPSA) is 63.8 Å². The Morgan fingerprint density at radius 3 is 2.90 bits per heavy atom. The summed E-state index contributed by atoms with van der Waals surface area (Å²) in [6, 6.07) is 2.16. The number of hydrogen-bond donors (Lipinski definition) is 2.